The molecule has 0 radical (unpaired) electrons. The molecule has 19 heavy (non-hydrogen) atoms. The molecule has 0 aromatic carbocycles. The smallest absolute Gasteiger partial charge is 0.160 e. The second-order valence-corrected chi connectivity index (χ2v) is 7.42. The average molecular weight is 268 g/mol. The van der Waals surface area contributed by atoms with Crippen LogP contribution in [0.3, 0.4) is 0 Å². The molecule has 1 aliphatic carbocycles. The molecule has 0 spiro atoms. The monoisotopic (exact) mass is 268 g/mol. The summed E-state index contributed by atoms with van der Waals surface area (Å²) in [6.07, 6.45) is 5.28. The maximum Gasteiger partial charge on any atom is 0.160 e. The number of ether oxygens (including phenoxy) is 2. The highest BCUT2D eigenvalue weighted by atomic mass is 16.7. The molecule has 1 saturated carbocycles. The van der Waals surface area contributed by atoms with E-state index in [2.05, 4.69) is 34.6 Å². The fourth-order valence-corrected chi connectivity index (χ4v) is 3.88. The van der Waals surface area contributed by atoms with E-state index in [4.69, 9.17) is 9.47 Å². The second-order valence-electron chi connectivity index (χ2n) is 7.42. The lowest BCUT2D eigenvalue weighted by Gasteiger charge is -2.46. The Morgan fingerprint density at radius 3 is 2.11 bits per heavy atom. The third-order valence-electron chi connectivity index (χ3n) is 5.90. The molecule has 112 valence electrons. The zero-order valence-corrected chi connectivity index (χ0v) is 13.4. The Kier molecular flexibility index (Phi) is 4.94. The van der Waals surface area contributed by atoms with Gasteiger partial charge in [0.05, 0.1) is 13.2 Å². The van der Waals surface area contributed by atoms with Crippen molar-refractivity contribution in [2.75, 3.05) is 13.2 Å². The Morgan fingerprint density at radius 1 is 1.11 bits per heavy atom. The van der Waals surface area contributed by atoms with E-state index in [0.717, 1.165) is 25.0 Å². The minimum absolute atomic E-state index is 0.0439. The van der Waals surface area contributed by atoms with Crippen LogP contribution in [-0.4, -0.2) is 19.5 Å². The zero-order chi connectivity index (χ0) is 14.0. The van der Waals surface area contributed by atoms with Crippen molar-refractivity contribution in [2.45, 2.75) is 66.6 Å². The van der Waals surface area contributed by atoms with Crippen molar-refractivity contribution in [2.24, 2.45) is 29.1 Å². The fraction of sp³-hybridized carbons (Fsp3) is 1.00. The summed E-state index contributed by atoms with van der Waals surface area (Å²) in [5.41, 5.74) is 0.201. The van der Waals surface area contributed by atoms with Gasteiger partial charge in [0.1, 0.15) is 0 Å². The zero-order valence-electron chi connectivity index (χ0n) is 13.4. The molecule has 0 aromatic rings. The number of hydrogen-bond donors (Lipinski definition) is 0. The largest absolute Gasteiger partial charge is 0.352 e. The molecule has 2 rings (SSSR count). The summed E-state index contributed by atoms with van der Waals surface area (Å²) in [4.78, 5) is 0. The van der Waals surface area contributed by atoms with Crippen LogP contribution in [0, 0.1) is 29.1 Å². The lowest BCUT2D eigenvalue weighted by molar-refractivity contribution is -0.270. The first-order valence-electron chi connectivity index (χ1n) is 8.21. The van der Waals surface area contributed by atoms with E-state index in [0.29, 0.717) is 11.8 Å². The van der Waals surface area contributed by atoms with Gasteiger partial charge in [0, 0.05) is 11.3 Å². The van der Waals surface area contributed by atoms with Gasteiger partial charge >= 0.3 is 0 Å². The number of hydrogen-bond acceptors (Lipinski definition) is 2. The lowest BCUT2D eigenvalue weighted by atomic mass is 9.72. The van der Waals surface area contributed by atoms with Crippen LogP contribution in [0.15, 0.2) is 0 Å². The van der Waals surface area contributed by atoms with E-state index in [1.54, 1.807) is 0 Å². The molecular formula is C17H32O2. The van der Waals surface area contributed by atoms with Crippen molar-refractivity contribution >= 4 is 0 Å². The first kappa shape index (κ1) is 15.3. The molecular weight excluding hydrogens is 236 g/mol. The van der Waals surface area contributed by atoms with Crippen molar-refractivity contribution in [3.05, 3.63) is 0 Å². The van der Waals surface area contributed by atoms with E-state index in [1.807, 2.05) is 0 Å². The Labute approximate surface area is 119 Å². The Balaban J connectivity index is 1.95. The van der Waals surface area contributed by atoms with Crippen LogP contribution >= 0.6 is 0 Å². The van der Waals surface area contributed by atoms with Crippen LogP contribution in [0.2, 0.25) is 0 Å². The molecule has 1 saturated heterocycles. The van der Waals surface area contributed by atoms with Crippen molar-refractivity contribution in [3.8, 4) is 0 Å². The average Bonchev–Trinajstić information content (AvgIpc) is 2.40. The van der Waals surface area contributed by atoms with E-state index >= 15 is 0 Å². The van der Waals surface area contributed by atoms with Crippen LogP contribution in [0.4, 0.5) is 0 Å². The van der Waals surface area contributed by atoms with Gasteiger partial charge in [-0.15, -0.1) is 0 Å². The van der Waals surface area contributed by atoms with Crippen LogP contribution in [-0.2, 0) is 9.47 Å². The van der Waals surface area contributed by atoms with Crippen LogP contribution in [0.5, 0.6) is 0 Å². The molecule has 2 heteroatoms. The highest BCUT2D eigenvalue weighted by Crippen LogP contribution is 2.42. The Morgan fingerprint density at radius 2 is 1.63 bits per heavy atom. The Hall–Kier alpha value is -0.0800. The molecule has 0 N–H and O–H groups in total. The third kappa shape index (κ3) is 3.16. The van der Waals surface area contributed by atoms with Crippen LogP contribution in [0.1, 0.15) is 60.3 Å². The van der Waals surface area contributed by atoms with Crippen molar-refractivity contribution < 1.29 is 9.47 Å². The first-order chi connectivity index (χ1) is 8.98. The molecule has 0 amide bonds. The van der Waals surface area contributed by atoms with Crippen molar-refractivity contribution in [3.63, 3.8) is 0 Å². The summed E-state index contributed by atoms with van der Waals surface area (Å²) in [6.45, 7) is 13.4. The van der Waals surface area contributed by atoms with E-state index in [9.17, 15) is 0 Å². The standard InChI is InChI=1S/C17H32O2/c1-6-14(4)17(5)10-18-16(19-11-17)15-12(2)8-7-9-13(15)3/h12-16H,6-11H2,1-5H3. The van der Waals surface area contributed by atoms with Gasteiger partial charge in [0.25, 0.3) is 0 Å². The van der Waals surface area contributed by atoms with Gasteiger partial charge in [-0.05, 0) is 17.8 Å². The predicted molar refractivity (Wildman–Crippen MR) is 78.9 cm³/mol. The molecule has 3 unspecified atom stereocenters. The quantitative estimate of drug-likeness (QED) is 0.751. The summed E-state index contributed by atoms with van der Waals surface area (Å²) in [5, 5.41) is 0. The summed E-state index contributed by atoms with van der Waals surface area (Å²) in [7, 11) is 0. The highest BCUT2D eigenvalue weighted by Gasteiger charge is 2.42. The van der Waals surface area contributed by atoms with Crippen molar-refractivity contribution in [1.29, 1.82) is 0 Å². The number of rotatable bonds is 3. The van der Waals surface area contributed by atoms with Gasteiger partial charge in [-0.1, -0.05) is 60.3 Å². The minimum Gasteiger partial charge on any atom is -0.352 e. The van der Waals surface area contributed by atoms with Gasteiger partial charge < -0.3 is 9.47 Å². The molecule has 0 aromatic heterocycles. The van der Waals surface area contributed by atoms with Gasteiger partial charge in [0.2, 0.25) is 0 Å². The van der Waals surface area contributed by atoms with E-state index in [-0.39, 0.29) is 11.7 Å². The fourth-order valence-electron chi connectivity index (χ4n) is 3.88. The second kappa shape index (κ2) is 6.13. The molecule has 0 bridgehead atoms. The minimum atomic E-state index is 0.0439. The first-order valence-corrected chi connectivity index (χ1v) is 8.21. The Bertz CT molecular complexity index is 271. The van der Waals surface area contributed by atoms with E-state index < -0.39 is 0 Å². The predicted octanol–water partition coefficient (Wildman–Crippen LogP) is 4.48. The van der Waals surface area contributed by atoms with Crippen molar-refractivity contribution in [1.82, 2.24) is 0 Å². The SMILES string of the molecule is CCC(C)C1(C)COC(C2C(C)CCCC2C)OC1. The van der Waals surface area contributed by atoms with Crippen LogP contribution in [0.25, 0.3) is 0 Å². The molecule has 1 aliphatic heterocycles. The van der Waals surface area contributed by atoms with Gasteiger partial charge in [0.15, 0.2) is 6.29 Å². The third-order valence-corrected chi connectivity index (χ3v) is 5.90. The van der Waals surface area contributed by atoms with Gasteiger partial charge in [-0.3, -0.25) is 0 Å². The summed E-state index contributed by atoms with van der Waals surface area (Å²) in [6, 6.07) is 0. The maximum absolute atomic E-state index is 6.17. The van der Waals surface area contributed by atoms with Crippen LogP contribution < -0.4 is 0 Å². The van der Waals surface area contributed by atoms with E-state index in [1.165, 1.54) is 25.7 Å². The summed E-state index contributed by atoms with van der Waals surface area (Å²) >= 11 is 0. The topological polar surface area (TPSA) is 18.5 Å². The summed E-state index contributed by atoms with van der Waals surface area (Å²) in [5.74, 6) is 2.73. The molecule has 2 fully saturated rings. The highest BCUT2D eigenvalue weighted by molar-refractivity contribution is 4.86. The van der Waals surface area contributed by atoms with Gasteiger partial charge in [-0.2, -0.15) is 0 Å². The summed E-state index contributed by atoms with van der Waals surface area (Å²) < 4.78 is 12.3. The normalized spacial score (nSPS) is 45.9. The maximum atomic E-state index is 6.17. The molecule has 3 atom stereocenters. The molecule has 2 aliphatic rings. The lowest BCUT2D eigenvalue weighted by Crippen LogP contribution is -2.49. The van der Waals surface area contributed by atoms with Gasteiger partial charge in [-0.25, -0.2) is 0 Å². The molecule has 1 heterocycles. The molecule has 2 nitrogen and oxygen atoms in total.